The summed E-state index contributed by atoms with van der Waals surface area (Å²) in [6.07, 6.45) is 4.34. The van der Waals surface area contributed by atoms with Crippen LogP contribution >= 0.6 is 0 Å². The monoisotopic (exact) mass is 234 g/mol. The minimum atomic E-state index is -3.08. The Labute approximate surface area is 92.9 Å². The molecule has 0 heterocycles. The summed E-state index contributed by atoms with van der Waals surface area (Å²) >= 11 is 0. The lowest BCUT2D eigenvalue weighted by atomic mass is 9.88. The van der Waals surface area contributed by atoms with Gasteiger partial charge in [0.1, 0.15) is 0 Å². The normalized spacial score (nSPS) is 27.9. The Hall–Kier alpha value is -0.130. The first-order chi connectivity index (χ1) is 7.03. The van der Waals surface area contributed by atoms with E-state index < -0.39 is 10.0 Å². The molecule has 0 aromatic heterocycles. The van der Waals surface area contributed by atoms with Crippen molar-refractivity contribution in [1.82, 2.24) is 10.0 Å². The zero-order valence-corrected chi connectivity index (χ0v) is 10.4. The lowest BCUT2D eigenvalue weighted by Crippen LogP contribution is -2.40. The molecule has 2 atom stereocenters. The highest BCUT2D eigenvalue weighted by Gasteiger charge is 2.22. The van der Waals surface area contributed by atoms with Gasteiger partial charge in [-0.05, 0) is 25.8 Å². The van der Waals surface area contributed by atoms with Gasteiger partial charge in [-0.2, -0.15) is 0 Å². The number of hydrogen-bond acceptors (Lipinski definition) is 3. The minimum Gasteiger partial charge on any atom is -0.319 e. The predicted molar refractivity (Wildman–Crippen MR) is 62.3 cm³/mol. The fourth-order valence-corrected chi connectivity index (χ4v) is 3.40. The van der Waals surface area contributed by atoms with Gasteiger partial charge >= 0.3 is 0 Å². The molecule has 0 saturated heterocycles. The van der Waals surface area contributed by atoms with Crippen LogP contribution in [0, 0.1) is 5.92 Å². The van der Waals surface area contributed by atoms with E-state index in [-0.39, 0.29) is 11.8 Å². The van der Waals surface area contributed by atoms with Crippen molar-refractivity contribution in [2.75, 3.05) is 19.3 Å². The third kappa shape index (κ3) is 4.95. The second-order valence-electron chi connectivity index (χ2n) is 4.51. The second-order valence-corrected chi connectivity index (χ2v) is 6.38. The minimum absolute atomic E-state index is 0.163. The summed E-state index contributed by atoms with van der Waals surface area (Å²) in [5.74, 6) is 0.824. The molecule has 2 N–H and O–H groups in total. The maximum Gasteiger partial charge on any atom is 0.213 e. The van der Waals surface area contributed by atoms with E-state index in [4.69, 9.17) is 0 Å². The van der Waals surface area contributed by atoms with Crippen molar-refractivity contribution >= 4 is 10.0 Å². The van der Waals surface area contributed by atoms with E-state index in [0.29, 0.717) is 12.5 Å². The van der Waals surface area contributed by atoms with Crippen molar-refractivity contribution in [3.8, 4) is 0 Å². The van der Waals surface area contributed by atoms with Crippen LogP contribution in [0.5, 0.6) is 0 Å². The Kier molecular flexibility index (Phi) is 5.02. The zero-order valence-electron chi connectivity index (χ0n) is 9.62. The van der Waals surface area contributed by atoms with Crippen LogP contribution in [0.15, 0.2) is 0 Å². The van der Waals surface area contributed by atoms with Gasteiger partial charge in [0.15, 0.2) is 0 Å². The van der Waals surface area contributed by atoms with Crippen molar-refractivity contribution in [3.63, 3.8) is 0 Å². The summed E-state index contributed by atoms with van der Waals surface area (Å²) in [5, 5.41) is 2.85. The van der Waals surface area contributed by atoms with Crippen LogP contribution in [0.4, 0.5) is 0 Å². The molecule has 1 aliphatic carbocycles. The number of sulfonamides is 1. The first-order valence-corrected chi connectivity index (χ1v) is 7.33. The van der Waals surface area contributed by atoms with Gasteiger partial charge in [0.05, 0.1) is 5.75 Å². The number of hydrogen-bond donors (Lipinski definition) is 2. The summed E-state index contributed by atoms with van der Waals surface area (Å²) in [4.78, 5) is 0. The molecule has 0 aromatic rings. The van der Waals surface area contributed by atoms with Gasteiger partial charge in [0.2, 0.25) is 10.0 Å². The van der Waals surface area contributed by atoms with Crippen LogP contribution in [-0.4, -0.2) is 33.8 Å². The fraction of sp³-hybridized carbons (Fsp3) is 1.00. The zero-order chi connectivity index (χ0) is 11.3. The first kappa shape index (κ1) is 12.9. The molecule has 1 fully saturated rings. The summed E-state index contributed by atoms with van der Waals surface area (Å²) in [7, 11) is -1.32. The van der Waals surface area contributed by atoms with E-state index in [1.54, 1.807) is 7.05 Å². The van der Waals surface area contributed by atoms with Crippen LogP contribution in [0.2, 0.25) is 0 Å². The molecule has 15 heavy (non-hydrogen) atoms. The van der Waals surface area contributed by atoms with Crippen LogP contribution in [0.25, 0.3) is 0 Å². The average Bonchev–Trinajstić information content (AvgIpc) is 2.14. The Bertz CT molecular complexity index is 277. The number of rotatable bonds is 5. The van der Waals surface area contributed by atoms with Crippen molar-refractivity contribution in [1.29, 1.82) is 0 Å². The topological polar surface area (TPSA) is 58.2 Å². The molecule has 0 aromatic carbocycles. The SMILES string of the molecule is CNCCS(=O)(=O)NC1CCCC(C)C1. The molecule has 0 aliphatic heterocycles. The lowest BCUT2D eigenvalue weighted by Gasteiger charge is -2.27. The molecule has 1 saturated carbocycles. The van der Waals surface area contributed by atoms with Crippen LogP contribution in [0.3, 0.4) is 0 Å². The molecular formula is C10H22N2O2S. The van der Waals surface area contributed by atoms with E-state index in [9.17, 15) is 8.42 Å². The Morgan fingerprint density at radius 2 is 2.07 bits per heavy atom. The molecule has 90 valence electrons. The van der Waals surface area contributed by atoms with Gasteiger partial charge in [-0.25, -0.2) is 13.1 Å². The molecule has 0 radical (unpaired) electrons. The van der Waals surface area contributed by atoms with Crippen LogP contribution < -0.4 is 10.0 Å². The van der Waals surface area contributed by atoms with Gasteiger partial charge in [0.25, 0.3) is 0 Å². The van der Waals surface area contributed by atoms with Crippen molar-refractivity contribution in [2.45, 2.75) is 38.6 Å². The maximum atomic E-state index is 11.6. The van der Waals surface area contributed by atoms with Crippen LogP contribution in [0.1, 0.15) is 32.6 Å². The van der Waals surface area contributed by atoms with Gasteiger partial charge in [0, 0.05) is 12.6 Å². The first-order valence-electron chi connectivity index (χ1n) is 5.68. The van der Waals surface area contributed by atoms with Crippen molar-refractivity contribution < 1.29 is 8.42 Å². The molecule has 0 spiro atoms. The van der Waals surface area contributed by atoms with Gasteiger partial charge in [-0.3, -0.25) is 0 Å². The highest BCUT2D eigenvalue weighted by Crippen LogP contribution is 2.23. The molecule has 4 nitrogen and oxygen atoms in total. The molecule has 2 unspecified atom stereocenters. The number of nitrogens with one attached hydrogen (secondary N) is 2. The third-order valence-corrected chi connectivity index (χ3v) is 4.34. The molecule has 0 amide bonds. The highest BCUT2D eigenvalue weighted by atomic mass is 32.2. The largest absolute Gasteiger partial charge is 0.319 e. The Morgan fingerprint density at radius 1 is 1.33 bits per heavy atom. The van der Waals surface area contributed by atoms with E-state index in [1.807, 2.05) is 0 Å². The predicted octanol–water partition coefficient (Wildman–Crippen LogP) is 0.704. The molecule has 1 aliphatic rings. The third-order valence-electron chi connectivity index (χ3n) is 2.90. The average molecular weight is 234 g/mol. The second kappa shape index (κ2) is 5.82. The molecule has 1 rings (SSSR count). The van der Waals surface area contributed by atoms with Crippen LogP contribution in [-0.2, 0) is 10.0 Å². The van der Waals surface area contributed by atoms with Crippen molar-refractivity contribution in [2.24, 2.45) is 5.92 Å². The van der Waals surface area contributed by atoms with E-state index in [0.717, 1.165) is 19.3 Å². The van der Waals surface area contributed by atoms with E-state index >= 15 is 0 Å². The van der Waals surface area contributed by atoms with Crippen molar-refractivity contribution in [3.05, 3.63) is 0 Å². The summed E-state index contributed by atoms with van der Waals surface area (Å²) in [6, 6.07) is 0.163. The summed E-state index contributed by atoms with van der Waals surface area (Å²) in [6.45, 7) is 2.70. The van der Waals surface area contributed by atoms with E-state index in [1.165, 1.54) is 6.42 Å². The standard InChI is InChI=1S/C10H22N2O2S/c1-9-4-3-5-10(8-9)12-15(13,14)7-6-11-2/h9-12H,3-8H2,1-2H3. The van der Waals surface area contributed by atoms with Gasteiger partial charge < -0.3 is 5.32 Å². The summed E-state index contributed by atoms with van der Waals surface area (Å²) < 4.78 is 26.0. The Balaban J connectivity index is 2.39. The highest BCUT2D eigenvalue weighted by molar-refractivity contribution is 7.89. The van der Waals surface area contributed by atoms with Gasteiger partial charge in [-0.1, -0.05) is 19.8 Å². The molecule has 0 bridgehead atoms. The summed E-state index contributed by atoms with van der Waals surface area (Å²) in [5.41, 5.74) is 0. The maximum absolute atomic E-state index is 11.6. The lowest BCUT2D eigenvalue weighted by molar-refractivity contribution is 0.327. The molecule has 5 heteroatoms. The quantitative estimate of drug-likeness (QED) is 0.736. The van der Waals surface area contributed by atoms with Gasteiger partial charge in [-0.15, -0.1) is 0 Å². The Morgan fingerprint density at radius 3 is 2.67 bits per heavy atom. The smallest absolute Gasteiger partial charge is 0.213 e. The molecular weight excluding hydrogens is 212 g/mol. The van der Waals surface area contributed by atoms with E-state index in [2.05, 4.69) is 17.0 Å². The fourth-order valence-electron chi connectivity index (χ4n) is 2.09.